The smallest absolute Gasteiger partial charge is 0.0713 e. The number of benzene rings is 12. The zero-order chi connectivity index (χ0) is 49.7. The van der Waals surface area contributed by atoms with E-state index in [1.807, 2.05) is 0 Å². The Kier molecular flexibility index (Phi) is 10.8. The molecule has 0 radical (unpaired) electrons. The molecule has 12 aromatic carbocycles. The molecule has 352 valence electrons. The Morgan fingerprint density at radius 3 is 1.41 bits per heavy atom. The Morgan fingerprint density at radius 2 is 0.733 bits per heavy atom. The second kappa shape index (κ2) is 18.4. The van der Waals surface area contributed by atoms with Crippen molar-refractivity contribution in [3.8, 4) is 61.3 Å². The summed E-state index contributed by atoms with van der Waals surface area (Å²) in [7, 11) is 0. The molecule has 0 atom stereocenters. The first-order valence-electron chi connectivity index (χ1n) is 25.9. The predicted octanol–water partition coefficient (Wildman–Crippen LogP) is 19.3. The van der Waals surface area contributed by atoms with Gasteiger partial charge in [-0.25, -0.2) is 0 Å². The number of fused-ring (bicyclic) bond motifs is 6. The standard InChI is InChI=1S/C73H50N2/c1-5-21-51(22-6-1)52-37-39-53(40-38-52)54-41-44-59(45-42-54)74(58-27-11-4-12-28-58)70-35-19-16-32-64(70)62-30-14-13-29-61(62)55-43-47-66-65-33-17-20-36-71(65)75(72(66)49-55)60-46-48-69-67(50-60)63-31-15-18-34-68(63)73(69,56-23-7-2-8-24-56)57-25-9-3-10-26-57/h1-50H. The SMILES string of the molecule is c1ccc(-c2ccc(-c3ccc(N(c4ccccc4)c4ccccc4-c4ccccc4-c4ccc5c6ccccc6n(-c6ccc7c(c6)-c6ccccc6C7(c6ccccc6)c6ccccc6)c5c4)cc3)cc2)cc1. The molecule has 0 saturated heterocycles. The maximum atomic E-state index is 2.48. The molecule has 13 aromatic rings. The number of para-hydroxylation sites is 3. The fourth-order valence-corrected chi connectivity index (χ4v) is 12.2. The van der Waals surface area contributed by atoms with Crippen LogP contribution in [0.5, 0.6) is 0 Å². The van der Waals surface area contributed by atoms with E-state index in [2.05, 4.69) is 313 Å². The molecule has 0 amide bonds. The number of rotatable bonds is 10. The minimum atomic E-state index is -0.462. The number of anilines is 3. The largest absolute Gasteiger partial charge is 0.310 e. The van der Waals surface area contributed by atoms with Gasteiger partial charge in [-0.1, -0.05) is 249 Å². The Hall–Kier alpha value is -9.76. The van der Waals surface area contributed by atoms with E-state index in [9.17, 15) is 0 Å². The lowest BCUT2D eigenvalue weighted by Gasteiger charge is -2.33. The maximum Gasteiger partial charge on any atom is 0.0713 e. The maximum absolute atomic E-state index is 2.48. The molecule has 0 aliphatic heterocycles. The quantitative estimate of drug-likeness (QED) is 0.133. The Bertz CT molecular complexity index is 4160. The molecule has 0 bridgehead atoms. The van der Waals surface area contributed by atoms with Crippen molar-refractivity contribution in [1.82, 2.24) is 4.57 Å². The number of nitrogens with zero attached hydrogens (tertiary/aromatic N) is 2. The molecule has 0 spiro atoms. The van der Waals surface area contributed by atoms with Gasteiger partial charge < -0.3 is 9.47 Å². The van der Waals surface area contributed by atoms with Gasteiger partial charge in [-0.2, -0.15) is 0 Å². The van der Waals surface area contributed by atoms with Crippen LogP contribution >= 0.6 is 0 Å². The van der Waals surface area contributed by atoms with Crippen LogP contribution in [0.4, 0.5) is 17.1 Å². The van der Waals surface area contributed by atoms with Gasteiger partial charge in [0.05, 0.1) is 22.1 Å². The van der Waals surface area contributed by atoms with Gasteiger partial charge in [0.25, 0.3) is 0 Å². The molecule has 0 saturated carbocycles. The van der Waals surface area contributed by atoms with Crippen molar-refractivity contribution in [2.45, 2.75) is 5.41 Å². The van der Waals surface area contributed by atoms with Crippen LogP contribution in [0.3, 0.4) is 0 Å². The van der Waals surface area contributed by atoms with Gasteiger partial charge in [0.2, 0.25) is 0 Å². The van der Waals surface area contributed by atoms with Crippen LogP contribution in [-0.2, 0) is 5.41 Å². The summed E-state index contributed by atoms with van der Waals surface area (Å²) in [5, 5.41) is 2.46. The molecule has 2 nitrogen and oxygen atoms in total. The van der Waals surface area contributed by atoms with E-state index in [1.165, 1.54) is 88.6 Å². The van der Waals surface area contributed by atoms with Crippen molar-refractivity contribution in [2.24, 2.45) is 0 Å². The van der Waals surface area contributed by atoms with Gasteiger partial charge in [-0.3, -0.25) is 0 Å². The molecule has 0 unspecified atom stereocenters. The Balaban J connectivity index is 0.890. The van der Waals surface area contributed by atoms with Crippen molar-refractivity contribution in [3.05, 3.63) is 326 Å². The lowest BCUT2D eigenvalue weighted by atomic mass is 9.68. The van der Waals surface area contributed by atoms with Crippen molar-refractivity contribution in [3.63, 3.8) is 0 Å². The van der Waals surface area contributed by atoms with Crippen molar-refractivity contribution in [1.29, 1.82) is 0 Å². The summed E-state index contributed by atoms with van der Waals surface area (Å²) in [6, 6.07) is 111. The van der Waals surface area contributed by atoms with Crippen LogP contribution in [0.15, 0.2) is 303 Å². The van der Waals surface area contributed by atoms with Crippen LogP contribution < -0.4 is 4.90 Å². The normalized spacial score (nSPS) is 12.4. The summed E-state index contributed by atoms with van der Waals surface area (Å²) in [4.78, 5) is 2.39. The molecular weight excluding hydrogens is 905 g/mol. The minimum Gasteiger partial charge on any atom is -0.310 e. The predicted molar refractivity (Wildman–Crippen MR) is 315 cm³/mol. The van der Waals surface area contributed by atoms with Gasteiger partial charge >= 0.3 is 0 Å². The first kappa shape index (κ1) is 44.0. The van der Waals surface area contributed by atoms with Gasteiger partial charge in [0.15, 0.2) is 0 Å². The van der Waals surface area contributed by atoms with E-state index >= 15 is 0 Å². The zero-order valence-corrected chi connectivity index (χ0v) is 41.3. The molecule has 1 aromatic heterocycles. The van der Waals surface area contributed by atoms with E-state index < -0.39 is 5.41 Å². The molecule has 1 aliphatic rings. The number of hydrogen-bond donors (Lipinski definition) is 0. The van der Waals surface area contributed by atoms with Crippen LogP contribution in [-0.4, -0.2) is 4.57 Å². The van der Waals surface area contributed by atoms with Crippen molar-refractivity contribution < 1.29 is 0 Å². The fourth-order valence-electron chi connectivity index (χ4n) is 12.2. The second-order valence-corrected chi connectivity index (χ2v) is 19.6. The van der Waals surface area contributed by atoms with Gasteiger partial charge in [-0.05, 0) is 127 Å². The van der Waals surface area contributed by atoms with E-state index in [1.54, 1.807) is 0 Å². The van der Waals surface area contributed by atoms with Gasteiger partial charge in [0, 0.05) is 33.4 Å². The van der Waals surface area contributed by atoms with Crippen molar-refractivity contribution in [2.75, 3.05) is 4.90 Å². The summed E-state index contributed by atoms with van der Waals surface area (Å²) in [6.45, 7) is 0. The third-order valence-electron chi connectivity index (χ3n) is 15.5. The monoisotopic (exact) mass is 954 g/mol. The van der Waals surface area contributed by atoms with Crippen LogP contribution in [0, 0.1) is 0 Å². The topological polar surface area (TPSA) is 8.17 Å². The average Bonchev–Trinajstić information content (AvgIpc) is 4.02. The highest BCUT2D eigenvalue weighted by atomic mass is 15.1. The number of hydrogen-bond acceptors (Lipinski definition) is 1. The molecule has 1 aliphatic carbocycles. The molecule has 2 heteroatoms. The van der Waals surface area contributed by atoms with Gasteiger partial charge in [0.1, 0.15) is 0 Å². The summed E-state index contributed by atoms with van der Waals surface area (Å²) < 4.78 is 2.48. The summed E-state index contributed by atoms with van der Waals surface area (Å²) in [5.74, 6) is 0. The van der Waals surface area contributed by atoms with Crippen LogP contribution in [0.1, 0.15) is 22.3 Å². The summed E-state index contributed by atoms with van der Waals surface area (Å²) in [5.41, 5.74) is 23.4. The lowest BCUT2D eigenvalue weighted by Crippen LogP contribution is -2.28. The number of aromatic nitrogens is 1. The highest BCUT2D eigenvalue weighted by Gasteiger charge is 2.46. The summed E-state index contributed by atoms with van der Waals surface area (Å²) in [6.07, 6.45) is 0. The molecule has 14 rings (SSSR count). The first-order chi connectivity index (χ1) is 37.2. The Morgan fingerprint density at radius 1 is 0.267 bits per heavy atom. The molecule has 0 fully saturated rings. The average molecular weight is 955 g/mol. The molecule has 75 heavy (non-hydrogen) atoms. The van der Waals surface area contributed by atoms with Crippen molar-refractivity contribution >= 4 is 38.9 Å². The first-order valence-corrected chi connectivity index (χ1v) is 25.9. The molecule has 1 heterocycles. The second-order valence-electron chi connectivity index (χ2n) is 19.6. The van der Waals surface area contributed by atoms with E-state index in [0.29, 0.717) is 0 Å². The highest BCUT2D eigenvalue weighted by molar-refractivity contribution is 6.11. The van der Waals surface area contributed by atoms with Crippen LogP contribution in [0.2, 0.25) is 0 Å². The minimum absolute atomic E-state index is 0.462. The van der Waals surface area contributed by atoms with Crippen LogP contribution in [0.25, 0.3) is 83.1 Å². The third kappa shape index (κ3) is 7.33. The molecule has 0 N–H and O–H groups in total. The lowest BCUT2D eigenvalue weighted by molar-refractivity contribution is 0.768. The summed E-state index contributed by atoms with van der Waals surface area (Å²) >= 11 is 0. The zero-order valence-electron chi connectivity index (χ0n) is 41.3. The van der Waals surface area contributed by atoms with E-state index in [4.69, 9.17) is 0 Å². The highest BCUT2D eigenvalue weighted by Crippen LogP contribution is 2.57. The van der Waals surface area contributed by atoms with E-state index in [0.717, 1.165) is 33.9 Å². The third-order valence-corrected chi connectivity index (χ3v) is 15.5. The van der Waals surface area contributed by atoms with E-state index in [-0.39, 0.29) is 0 Å². The Labute approximate surface area is 438 Å². The fraction of sp³-hybridized carbons (Fsp3) is 0.0137. The molecular formula is C73H50N2. The van der Waals surface area contributed by atoms with Gasteiger partial charge in [-0.15, -0.1) is 0 Å².